The molecule has 0 saturated heterocycles. The maximum Gasteiger partial charge on any atom is 0.0859 e. The van der Waals surface area contributed by atoms with Crippen LogP contribution in [-0.2, 0) is 13.0 Å². The number of rotatable bonds is 2. The largest absolute Gasteiger partial charge is 0.390 e. The van der Waals surface area contributed by atoms with Crippen molar-refractivity contribution >= 4 is 10.8 Å². The molecule has 0 radical (unpaired) electrons. The molecule has 0 aliphatic carbocycles. The van der Waals surface area contributed by atoms with Gasteiger partial charge in [0.05, 0.1) is 12.3 Å². The number of aromatic nitrogens is 1. The molecule has 2 nitrogen and oxygen atoms in total. The Bertz CT molecular complexity index is 451. The maximum absolute atomic E-state index is 9.14. The fourth-order valence-electron chi connectivity index (χ4n) is 1.62. The first-order chi connectivity index (χ1) is 7.85. The predicted octanol–water partition coefficient (Wildman–Crippen LogP) is 3.32. The Labute approximate surface area is 97.0 Å². The molecule has 0 amide bonds. The lowest BCUT2D eigenvalue weighted by Crippen LogP contribution is -1.91. The standard InChI is InChI=1S/C12H13NO.C2H6/c1-2-9-3-4-10-5-6-13-12(8-14)11(10)7-9;1-2/h3-7,14H,2,8H2,1H3;1-2H3. The summed E-state index contributed by atoms with van der Waals surface area (Å²) in [4.78, 5) is 4.15. The topological polar surface area (TPSA) is 33.1 Å². The van der Waals surface area contributed by atoms with Gasteiger partial charge in [-0.3, -0.25) is 4.98 Å². The van der Waals surface area contributed by atoms with Crippen molar-refractivity contribution in [2.45, 2.75) is 33.8 Å². The highest BCUT2D eigenvalue weighted by molar-refractivity contribution is 5.84. The van der Waals surface area contributed by atoms with Crippen LogP contribution < -0.4 is 0 Å². The minimum Gasteiger partial charge on any atom is -0.390 e. The van der Waals surface area contributed by atoms with E-state index in [-0.39, 0.29) is 6.61 Å². The fraction of sp³-hybridized carbons (Fsp3) is 0.357. The monoisotopic (exact) mass is 217 g/mol. The minimum absolute atomic E-state index is 0.00447. The van der Waals surface area contributed by atoms with Crippen LogP contribution in [0.15, 0.2) is 30.5 Å². The summed E-state index contributed by atoms with van der Waals surface area (Å²) in [6.45, 7) is 6.13. The summed E-state index contributed by atoms with van der Waals surface area (Å²) in [7, 11) is 0. The quantitative estimate of drug-likeness (QED) is 0.837. The van der Waals surface area contributed by atoms with Gasteiger partial charge in [0.25, 0.3) is 0 Å². The average Bonchev–Trinajstić information content (AvgIpc) is 2.39. The van der Waals surface area contributed by atoms with Crippen molar-refractivity contribution in [2.24, 2.45) is 0 Å². The second-order valence-corrected chi connectivity index (χ2v) is 3.32. The van der Waals surface area contributed by atoms with Crippen LogP contribution in [0.25, 0.3) is 10.8 Å². The Morgan fingerprint density at radius 3 is 2.56 bits per heavy atom. The van der Waals surface area contributed by atoms with Crippen molar-refractivity contribution < 1.29 is 5.11 Å². The van der Waals surface area contributed by atoms with Crippen molar-refractivity contribution in [1.29, 1.82) is 0 Å². The number of aliphatic hydroxyl groups excluding tert-OH is 1. The van der Waals surface area contributed by atoms with Gasteiger partial charge in [-0.15, -0.1) is 0 Å². The number of benzene rings is 1. The lowest BCUT2D eigenvalue weighted by molar-refractivity contribution is 0.278. The molecule has 0 unspecified atom stereocenters. The summed E-state index contributed by atoms with van der Waals surface area (Å²) < 4.78 is 0. The zero-order chi connectivity index (χ0) is 12.0. The molecule has 1 aromatic carbocycles. The van der Waals surface area contributed by atoms with Crippen LogP contribution in [0.2, 0.25) is 0 Å². The van der Waals surface area contributed by atoms with Crippen molar-refractivity contribution in [3.05, 3.63) is 41.7 Å². The molecule has 0 aliphatic rings. The normalized spacial score (nSPS) is 9.75. The third kappa shape index (κ3) is 2.58. The van der Waals surface area contributed by atoms with Crippen molar-refractivity contribution in [2.75, 3.05) is 0 Å². The number of hydrogen-bond donors (Lipinski definition) is 1. The molecular formula is C14H19NO. The molecule has 1 heterocycles. The zero-order valence-electron chi connectivity index (χ0n) is 10.2. The van der Waals surface area contributed by atoms with Gasteiger partial charge in [0, 0.05) is 11.6 Å². The SMILES string of the molecule is CC.CCc1ccc2ccnc(CO)c2c1. The van der Waals surface area contributed by atoms with Crippen molar-refractivity contribution in [3.63, 3.8) is 0 Å². The van der Waals surface area contributed by atoms with Gasteiger partial charge in [0.15, 0.2) is 0 Å². The Hall–Kier alpha value is -1.41. The maximum atomic E-state index is 9.14. The third-order valence-electron chi connectivity index (χ3n) is 2.47. The molecule has 0 saturated carbocycles. The second kappa shape index (κ2) is 6.23. The lowest BCUT2D eigenvalue weighted by Gasteiger charge is -2.04. The Kier molecular flexibility index (Phi) is 4.93. The average molecular weight is 217 g/mol. The zero-order valence-corrected chi connectivity index (χ0v) is 10.2. The first kappa shape index (κ1) is 12.7. The van der Waals surface area contributed by atoms with Crippen LogP contribution in [0, 0.1) is 0 Å². The van der Waals surface area contributed by atoms with E-state index < -0.39 is 0 Å². The van der Waals surface area contributed by atoms with Gasteiger partial charge in [-0.25, -0.2) is 0 Å². The van der Waals surface area contributed by atoms with E-state index >= 15 is 0 Å². The Balaban J connectivity index is 0.000000606. The number of aryl methyl sites for hydroxylation is 1. The van der Waals surface area contributed by atoms with Crippen molar-refractivity contribution in [1.82, 2.24) is 4.98 Å². The summed E-state index contributed by atoms with van der Waals surface area (Å²) in [5.74, 6) is 0. The number of fused-ring (bicyclic) bond motifs is 1. The molecule has 1 N–H and O–H groups in total. The highest BCUT2D eigenvalue weighted by Gasteiger charge is 2.01. The van der Waals surface area contributed by atoms with Gasteiger partial charge in [-0.2, -0.15) is 0 Å². The first-order valence-corrected chi connectivity index (χ1v) is 5.82. The summed E-state index contributed by atoms with van der Waals surface area (Å²) in [6.07, 6.45) is 2.75. The summed E-state index contributed by atoms with van der Waals surface area (Å²) in [5, 5.41) is 11.3. The van der Waals surface area contributed by atoms with E-state index in [0.717, 1.165) is 22.9 Å². The van der Waals surface area contributed by atoms with E-state index in [1.54, 1.807) is 6.20 Å². The molecule has 86 valence electrons. The van der Waals surface area contributed by atoms with E-state index in [1.165, 1.54) is 5.56 Å². The molecule has 2 heteroatoms. The van der Waals surface area contributed by atoms with E-state index in [2.05, 4.69) is 30.1 Å². The van der Waals surface area contributed by atoms with Gasteiger partial charge in [-0.05, 0) is 29.5 Å². The van der Waals surface area contributed by atoms with Crippen LogP contribution in [0.4, 0.5) is 0 Å². The van der Waals surface area contributed by atoms with E-state index in [1.807, 2.05) is 19.9 Å². The predicted molar refractivity (Wildman–Crippen MR) is 68.4 cm³/mol. The smallest absolute Gasteiger partial charge is 0.0859 e. The van der Waals surface area contributed by atoms with Crippen LogP contribution >= 0.6 is 0 Å². The summed E-state index contributed by atoms with van der Waals surface area (Å²) in [5.41, 5.74) is 2.04. The summed E-state index contributed by atoms with van der Waals surface area (Å²) in [6, 6.07) is 8.26. The number of nitrogens with zero attached hydrogens (tertiary/aromatic N) is 1. The Morgan fingerprint density at radius 1 is 1.19 bits per heavy atom. The van der Waals surface area contributed by atoms with Crippen LogP contribution in [0.1, 0.15) is 32.0 Å². The second-order valence-electron chi connectivity index (χ2n) is 3.32. The Morgan fingerprint density at radius 2 is 1.94 bits per heavy atom. The molecule has 0 atom stereocenters. The highest BCUT2D eigenvalue weighted by atomic mass is 16.3. The molecule has 0 bridgehead atoms. The number of pyridine rings is 1. The molecule has 2 aromatic rings. The molecule has 0 spiro atoms. The lowest BCUT2D eigenvalue weighted by atomic mass is 10.1. The summed E-state index contributed by atoms with van der Waals surface area (Å²) >= 11 is 0. The van der Waals surface area contributed by atoms with Crippen molar-refractivity contribution in [3.8, 4) is 0 Å². The van der Waals surface area contributed by atoms with Gasteiger partial charge in [0.1, 0.15) is 0 Å². The van der Waals surface area contributed by atoms with E-state index in [0.29, 0.717) is 0 Å². The van der Waals surface area contributed by atoms with Crippen LogP contribution in [0.3, 0.4) is 0 Å². The first-order valence-electron chi connectivity index (χ1n) is 5.82. The fourth-order valence-corrected chi connectivity index (χ4v) is 1.62. The number of aliphatic hydroxyl groups is 1. The molecular weight excluding hydrogens is 198 g/mol. The number of hydrogen-bond acceptors (Lipinski definition) is 2. The van der Waals surface area contributed by atoms with Gasteiger partial charge >= 0.3 is 0 Å². The van der Waals surface area contributed by atoms with Gasteiger partial charge in [-0.1, -0.05) is 32.9 Å². The molecule has 0 fully saturated rings. The highest BCUT2D eigenvalue weighted by Crippen LogP contribution is 2.18. The third-order valence-corrected chi connectivity index (χ3v) is 2.47. The van der Waals surface area contributed by atoms with Gasteiger partial charge < -0.3 is 5.11 Å². The van der Waals surface area contributed by atoms with Crippen LogP contribution in [-0.4, -0.2) is 10.1 Å². The molecule has 2 rings (SSSR count). The van der Waals surface area contributed by atoms with E-state index in [9.17, 15) is 0 Å². The van der Waals surface area contributed by atoms with E-state index in [4.69, 9.17) is 5.11 Å². The molecule has 0 aliphatic heterocycles. The molecule has 1 aromatic heterocycles. The van der Waals surface area contributed by atoms with Crippen LogP contribution in [0.5, 0.6) is 0 Å². The minimum atomic E-state index is 0.00447. The van der Waals surface area contributed by atoms with Gasteiger partial charge in [0.2, 0.25) is 0 Å². The molecule has 16 heavy (non-hydrogen) atoms.